The summed E-state index contributed by atoms with van der Waals surface area (Å²) in [6, 6.07) is 6.92. The van der Waals surface area contributed by atoms with Gasteiger partial charge in [-0.1, -0.05) is 26.0 Å². The second-order valence-electron chi connectivity index (χ2n) is 6.42. The average Bonchev–Trinajstić information content (AvgIpc) is 2.55. The van der Waals surface area contributed by atoms with Crippen LogP contribution in [0.15, 0.2) is 30.5 Å². The first-order valence-electron chi connectivity index (χ1n) is 8.18. The van der Waals surface area contributed by atoms with Crippen molar-refractivity contribution < 1.29 is 4.39 Å². The monoisotopic (exact) mass is 314 g/mol. The number of anilines is 1. The maximum atomic E-state index is 14.0. The molecule has 2 N–H and O–H groups in total. The zero-order valence-corrected chi connectivity index (χ0v) is 13.7. The van der Waals surface area contributed by atoms with Crippen molar-refractivity contribution in [3.8, 4) is 11.4 Å². The molecule has 0 saturated carbocycles. The molecule has 23 heavy (non-hydrogen) atoms. The van der Waals surface area contributed by atoms with Crippen LogP contribution in [0.4, 0.5) is 10.1 Å². The van der Waals surface area contributed by atoms with Crippen LogP contribution in [0.3, 0.4) is 0 Å². The minimum Gasteiger partial charge on any atom is -0.369 e. The molecule has 1 aromatic heterocycles. The molecule has 1 fully saturated rings. The van der Waals surface area contributed by atoms with E-state index in [1.807, 2.05) is 6.20 Å². The van der Waals surface area contributed by atoms with Crippen LogP contribution in [-0.4, -0.2) is 29.1 Å². The quantitative estimate of drug-likeness (QED) is 0.944. The number of rotatable bonds is 3. The fourth-order valence-corrected chi connectivity index (χ4v) is 2.97. The molecule has 1 saturated heterocycles. The summed E-state index contributed by atoms with van der Waals surface area (Å²) in [5.74, 6) is 0.400. The van der Waals surface area contributed by atoms with Gasteiger partial charge >= 0.3 is 0 Å². The number of piperidine rings is 1. The van der Waals surface area contributed by atoms with Gasteiger partial charge in [0, 0.05) is 19.1 Å². The second-order valence-corrected chi connectivity index (χ2v) is 6.42. The van der Waals surface area contributed by atoms with Crippen LogP contribution in [0.1, 0.15) is 38.3 Å². The van der Waals surface area contributed by atoms with Gasteiger partial charge in [0.1, 0.15) is 5.82 Å². The molecule has 4 nitrogen and oxygen atoms in total. The highest BCUT2D eigenvalue weighted by Gasteiger charge is 2.22. The van der Waals surface area contributed by atoms with E-state index < -0.39 is 0 Å². The van der Waals surface area contributed by atoms with Gasteiger partial charge in [0.2, 0.25) is 0 Å². The highest BCUT2D eigenvalue weighted by molar-refractivity contribution is 5.60. The molecule has 0 bridgehead atoms. The smallest absolute Gasteiger partial charge is 0.162 e. The molecule has 0 atom stereocenters. The van der Waals surface area contributed by atoms with Crippen molar-refractivity contribution in [1.29, 1.82) is 0 Å². The first-order chi connectivity index (χ1) is 11.1. The first kappa shape index (κ1) is 15.9. The van der Waals surface area contributed by atoms with Gasteiger partial charge in [-0.25, -0.2) is 14.4 Å². The zero-order chi connectivity index (χ0) is 16.4. The molecular formula is C18H23FN4. The Morgan fingerprint density at radius 2 is 1.91 bits per heavy atom. The summed E-state index contributed by atoms with van der Waals surface area (Å²) < 4.78 is 14.0. The van der Waals surface area contributed by atoms with Crippen molar-refractivity contribution in [2.24, 2.45) is 5.73 Å². The predicted octanol–water partition coefficient (Wildman–Crippen LogP) is 3.33. The zero-order valence-electron chi connectivity index (χ0n) is 13.7. The van der Waals surface area contributed by atoms with Crippen molar-refractivity contribution >= 4 is 5.69 Å². The van der Waals surface area contributed by atoms with E-state index in [9.17, 15) is 4.39 Å². The lowest BCUT2D eigenvalue weighted by Crippen LogP contribution is -2.40. The van der Waals surface area contributed by atoms with Crippen molar-refractivity contribution in [2.75, 3.05) is 18.0 Å². The van der Waals surface area contributed by atoms with Crippen LogP contribution < -0.4 is 10.6 Å². The van der Waals surface area contributed by atoms with E-state index >= 15 is 0 Å². The summed E-state index contributed by atoms with van der Waals surface area (Å²) in [6.45, 7) is 6.05. The van der Waals surface area contributed by atoms with E-state index in [1.165, 1.54) is 6.07 Å². The lowest BCUT2D eigenvalue weighted by molar-refractivity contribution is 0.499. The Bertz CT molecular complexity index is 678. The molecule has 3 rings (SSSR count). The van der Waals surface area contributed by atoms with E-state index in [-0.39, 0.29) is 17.8 Å². The van der Waals surface area contributed by atoms with Gasteiger partial charge in [-0.15, -0.1) is 0 Å². The second kappa shape index (κ2) is 6.62. The van der Waals surface area contributed by atoms with Gasteiger partial charge in [-0.3, -0.25) is 0 Å². The molecule has 5 heteroatoms. The predicted molar refractivity (Wildman–Crippen MR) is 90.9 cm³/mol. The van der Waals surface area contributed by atoms with Crippen molar-refractivity contribution in [3.05, 3.63) is 42.0 Å². The standard InChI is InChI=1S/C18H23FN4/c1-12(2)17-16(23-9-7-13(20)8-10-23)11-21-18(22-17)14-5-3-4-6-15(14)19/h3-6,11-13H,7-10,20H2,1-2H3. The van der Waals surface area contributed by atoms with Crippen LogP contribution in [0, 0.1) is 5.82 Å². The molecule has 1 aromatic carbocycles. The van der Waals surface area contributed by atoms with Crippen LogP contribution in [0.25, 0.3) is 11.4 Å². The van der Waals surface area contributed by atoms with Gasteiger partial charge in [-0.05, 0) is 30.9 Å². The van der Waals surface area contributed by atoms with Crippen LogP contribution in [0.2, 0.25) is 0 Å². The Balaban J connectivity index is 1.98. The number of hydrogen-bond donors (Lipinski definition) is 1. The molecule has 1 aliphatic rings. The molecule has 0 unspecified atom stereocenters. The number of aromatic nitrogens is 2. The molecule has 0 radical (unpaired) electrons. The van der Waals surface area contributed by atoms with Gasteiger partial charge < -0.3 is 10.6 Å². The maximum Gasteiger partial charge on any atom is 0.162 e. The van der Waals surface area contributed by atoms with Crippen LogP contribution >= 0.6 is 0 Å². The number of halogens is 1. The lowest BCUT2D eigenvalue weighted by Gasteiger charge is -2.33. The number of hydrogen-bond acceptors (Lipinski definition) is 4. The fraction of sp³-hybridized carbons (Fsp3) is 0.444. The summed E-state index contributed by atoms with van der Waals surface area (Å²) in [7, 11) is 0. The van der Waals surface area contributed by atoms with Crippen molar-refractivity contribution in [3.63, 3.8) is 0 Å². The summed E-state index contributed by atoms with van der Waals surface area (Å²) in [5, 5.41) is 0. The molecule has 2 aromatic rings. The Morgan fingerprint density at radius 3 is 2.57 bits per heavy atom. The first-order valence-corrected chi connectivity index (χ1v) is 8.18. The molecule has 1 aliphatic heterocycles. The SMILES string of the molecule is CC(C)c1nc(-c2ccccc2F)ncc1N1CCC(N)CC1. The molecule has 122 valence electrons. The van der Waals surface area contributed by atoms with Crippen molar-refractivity contribution in [1.82, 2.24) is 9.97 Å². The van der Waals surface area contributed by atoms with Crippen LogP contribution in [-0.2, 0) is 0 Å². The maximum absolute atomic E-state index is 14.0. The van der Waals surface area contributed by atoms with Gasteiger partial charge in [0.15, 0.2) is 5.82 Å². The Hall–Kier alpha value is -2.01. The van der Waals surface area contributed by atoms with Gasteiger partial charge in [-0.2, -0.15) is 0 Å². The largest absolute Gasteiger partial charge is 0.369 e. The lowest BCUT2D eigenvalue weighted by atomic mass is 10.0. The van der Waals surface area contributed by atoms with E-state index in [0.29, 0.717) is 11.4 Å². The Kier molecular flexibility index (Phi) is 4.57. The van der Waals surface area contributed by atoms with Crippen molar-refractivity contribution in [2.45, 2.75) is 38.6 Å². The molecule has 2 heterocycles. The highest BCUT2D eigenvalue weighted by atomic mass is 19.1. The third-order valence-corrected chi connectivity index (χ3v) is 4.34. The minimum absolute atomic E-state index is 0.245. The molecule has 0 spiro atoms. The Labute approximate surface area is 136 Å². The molecule has 0 amide bonds. The topological polar surface area (TPSA) is 55.0 Å². The number of benzene rings is 1. The van der Waals surface area contributed by atoms with Crippen LogP contribution in [0.5, 0.6) is 0 Å². The van der Waals surface area contributed by atoms with E-state index in [4.69, 9.17) is 5.73 Å². The van der Waals surface area contributed by atoms with E-state index in [2.05, 4.69) is 28.7 Å². The normalized spacial score (nSPS) is 16.1. The Morgan fingerprint density at radius 1 is 1.22 bits per heavy atom. The molecular weight excluding hydrogens is 291 g/mol. The highest BCUT2D eigenvalue weighted by Crippen LogP contribution is 2.30. The summed E-state index contributed by atoms with van der Waals surface area (Å²) in [5.41, 5.74) is 8.45. The number of nitrogens with zero attached hydrogens (tertiary/aromatic N) is 3. The number of nitrogens with two attached hydrogens (primary N) is 1. The summed E-state index contributed by atoms with van der Waals surface area (Å²) in [6.07, 6.45) is 3.79. The minimum atomic E-state index is -0.293. The summed E-state index contributed by atoms with van der Waals surface area (Å²) in [4.78, 5) is 11.4. The average molecular weight is 314 g/mol. The van der Waals surface area contributed by atoms with Gasteiger partial charge in [0.25, 0.3) is 0 Å². The fourth-order valence-electron chi connectivity index (χ4n) is 2.97. The van der Waals surface area contributed by atoms with Gasteiger partial charge in [0.05, 0.1) is 23.1 Å². The molecule has 0 aliphatic carbocycles. The van der Waals surface area contributed by atoms with E-state index in [1.54, 1.807) is 18.2 Å². The third kappa shape index (κ3) is 3.34. The van der Waals surface area contributed by atoms with E-state index in [0.717, 1.165) is 37.3 Å². The third-order valence-electron chi connectivity index (χ3n) is 4.34. The summed E-state index contributed by atoms with van der Waals surface area (Å²) >= 11 is 0.